The average Bonchev–Trinajstić information content (AvgIpc) is 3.65. The van der Waals surface area contributed by atoms with E-state index in [9.17, 15) is 24.9 Å². The van der Waals surface area contributed by atoms with Gasteiger partial charge in [0.1, 0.15) is 23.9 Å². The van der Waals surface area contributed by atoms with Crippen LogP contribution in [-0.4, -0.2) is 134 Å². The van der Waals surface area contributed by atoms with Crippen molar-refractivity contribution in [3.8, 4) is 0 Å². The molecule has 1 heterocycles. The number of hydrogen-bond donors (Lipinski definition) is 3. The lowest BCUT2D eigenvalue weighted by Gasteiger charge is -2.70. The summed E-state index contributed by atoms with van der Waals surface area (Å²) < 4.78 is 38.7. The van der Waals surface area contributed by atoms with Gasteiger partial charge in [-0.25, -0.2) is 4.79 Å². The topological polar surface area (TPSA) is 153 Å². The Labute approximate surface area is 369 Å². The Morgan fingerprint density at radius 1 is 0.839 bits per heavy atom. The Morgan fingerprint density at radius 2 is 1.53 bits per heavy atom. The average molecular weight is 864 g/mol. The molecular formula is C50H73NO11. The molecule has 6 aliphatic rings. The largest absolute Gasteiger partial charge is 0.455 e. The summed E-state index contributed by atoms with van der Waals surface area (Å²) in [5, 5.41) is 38.4. The van der Waals surface area contributed by atoms with Gasteiger partial charge in [0, 0.05) is 82.5 Å². The zero-order valence-electron chi connectivity index (χ0n) is 37.9. The number of hydrogen-bond acceptors (Lipinski definition) is 12. The summed E-state index contributed by atoms with van der Waals surface area (Å²) in [6, 6.07) is 8.28. The molecule has 0 amide bonds. The van der Waals surface area contributed by atoms with E-state index in [1.807, 2.05) is 6.07 Å². The van der Waals surface area contributed by atoms with Crippen LogP contribution in [0.3, 0.4) is 0 Å². The third-order valence-electron chi connectivity index (χ3n) is 16.2. The number of unbranched alkanes of at least 4 members (excludes halogenated alkanes) is 5. The summed E-state index contributed by atoms with van der Waals surface area (Å²) in [6.45, 7) is 5.54. The number of rotatable bonds is 22. The molecule has 344 valence electrons. The normalized spacial score (nSPS) is 40.5. The molecule has 62 heavy (non-hydrogen) atoms. The van der Waals surface area contributed by atoms with E-state index in [0.717, 1.165) is 51.4 Å². The first-order valence-corrected chi connectivity index (χ1v) is 23.4. The highest BCUT2D eigenvalue weighted by Crippen LogP contribution is 2.80. The monoisotopic (exact) mass is 864 g/mol. The molecule has 1 aliphatic heterocycles. The quantitative estimate of drug-likeness (QED) is 0.0690. The van der Waals surface area contributed by atoms with E-state index in [2.05, 4.69) is 55.2 Å². The summed E-state index contributed by atoms with van der Waals surface area (Å²) >= 11 is 0. The minimum absolute atomic E-state index is 0.0779. The molecule has 12 nitrogen and oxygen atoms in total. The van der Waals surface area contributed by atoms with Crippen molar-refractivity contribution in [2.45, 2.75) is 145 Å². The minimum Gasteiger partial charge on any atom is -0.455 e. The van der Waals surface area contributed by atoms with Crippen molar-refractivity contribution in [1.29, 1.82) is 0 Å². The highest BCUT2D eigenvalue weighted by molar-refractivity contribution is 5.89. The number of ether oxygens (including phenoxy) is 6. The minimum atomic E-state index is -1.85. The van der Waals surface area contributed by atoms with Crippen LogP contribution in [0.1, 0.15) is 101 Å². The van der Waals surface area contributed by atoms with Gasteiger partial charge in [0.05, 0.1) is 30.5 Å². The van der Waals surface area contributed by atoms with Gasteiger partial charge in [-0.15, -0.1) is 0 Å². The number of allylic oxidation sites excluding steroid dienone is 6. The third kappa shape index (κ3) is 7.46. The molecule has 5 aliphatic carbocycles. The fourth-order valence-corrected chi connectivity index (χ4v) is 14.2. The predicted octanol–water partition coefficient (Wildman–Crippen LogP) is 6.22. The Morgan fingerprint density at radius 3 is 2.19 bits per heavy atom. The maximum atomic E-state index is 14.6. The van der Waals surface area contributed by atoms with Gasteiger partial charge in [-0.3, -0.25) is 9.69 Å². The Balaban J connectivity index is 1.20. The van der Waals surface area contributed by atoms with Gasteiger partial charge in [0.15, 0.2) is 5.60 Å². The number of carbonyl (C=O) groups excluding carboxylic acids is 2. The van der Waals surface area contributed by atoms with Gasteiger partial charge >= 0.3 is 11.9 Å². The van der Waals surface area contributed by atoms with Crippen molar-refractivity contribution in [2.75, 3.05) is 48.1 Å². The summed E-state index contributed by atoms with van der Waals surface area (Å²) in [7, 11) is 6.39. The molecule has 1 saturated heterocycles. The summed E-state index contributed by atoms with van der Waals surface area (Å²) in [6.07, 6.45) is 16.3. The molecule has 1 aromatic rings. The van der Waals surface area contributed by atoms with E-state index in [1.165, 1.54) is 7.11 Å². The molecule has 1 aromatic carbocycles. The van der Waals surface area contributed by atoms with E-state index in [4.69, 9.17) is 28.4 Å². The van der Waals surface area contributed by atoms with Crippen LogP contribution in [-0.2, 0) is 33.2 Å². The number of aliphatic hydroxyl groups excluding tert-OH is 2. The van der Waals surface area contributed by atoms with Gasteiger partial charge < -0.3 is 43.7 Å². The smallest absolute Gasteiger partial charge is 0.338 e. The molecule has 7 rings (SSSR count). The van der Waals surface area contributed by atoms with E-state index in [1.54, 1.807) is 45.6 Å². The highest BCUT2D eigenvalue weighted by atomic mass is 16.6. The number of benzene rings is 1. The second kappa shape index (κ2) is 19.7. The Bertz CT molecular complexity index is 1770. The number of methoxy groups -OCH3 is 4. The van der Waals surface area contributed by atoms with Crippen LogP contribution in [0.2, 0.25) is 0 Å². The van der Waals surface area contributed by atoms with Crippen molar-refractivity contribution < 1.29 is 53.3 Å². The molecule has 15 atom stereocenters. The highest BCUT2D eigenvalue weighted by Gasteiger charge is 2.92. The maximum Gasteiger partial charge on any atom is 0.338 e. The predicted molar refractivity (Wildman–Crippen MR) is 234 cm³/mol. The molecule has 5 saturated carbocycles. The van der Waals surface area contributed by atoms with Crippen molar-refractivity contribution >= 4 is 11.9 Å². The van der Waals surface area contributed by atoms with Crippen LogP contribution < -0.4 is 0 Å². The lowest BCUT2D eigenvalue weighted by atomic mass is 9.42. The number of esters is 2. The number of aliphatic hydroxyl groups is 3. The molecule has 0 radical (unpaired) electrons. The van der Waals surface area contributed by atoms with Crippen LogP contribution >= 0.6 is 0 Å². The summed E-state index contributed by atoms with van der Waals surface area (Å²) in [5.41, 5.74) is -4.88. The van der Waals surface area contributed by atoms with E-state index in [0.29, 0.717) is 31.5 Å². The lowest BCUT2D eigenvalue weighted by Crippen LogP contribution is -2.81. The molecule has 1 spiro atoms. The van der Waals surface area contributed by atoms with Gasteiger partial charge in [-0.1, -0.05) is 87.8 Å². The number of likely N-dealkylation sites (tertiary alicyclic amines) is 1. The van der Waals surface area contributed by atoms with Crippen LogP contribution in [0.15, 0.2) is 66.8 Å². The number of nitrogens with zero attached hydrogens (tertiary/aromatic N) is 1. The molecule has 0 aromatic heterocycles. The second-order valence-electron chi connectivity index (χ2n) is 18.9. The van der Waals surface area contributed by atoms with Gasteiger partial charge in [-0.05, 0) is 69.5 Å². The Kier molecular flexibility index (Phi) is 14.9. The van der Waals surface area contributed by atoms with Crippen LogP contribution in [0.4, 0.5) is 0 Å². The Hall–Kier alpha value is -2.94. The van der Waals surface area contributed by atoms with Crippen molar-refractivity contribution in [2.24, 2.45) is 34.5 Å². The number of fused-ring (bicyclic) bond motifs is 2. The summed E-state index contributed by atoms with van der Waals surface area (Å²) in [4.78, 5) is 31.0. The second-order valence-corrected chi connectivity index (χ2v) is 18.9. The molecule has 12 heteroatoms. The summed E-state index contributed by atoms with van der Waals surface area (Å²) in [5.74, 6) is -3.55. The maximum absolute atomic E-state index is 14.6. The van der Waals surface area contributed by atoms with Gasteiger partial charge in [0.25, 0.3) is 0 Å². The van der Waals surface area contributed by atoms with Crippen LogP contribution in [0.5, 0.6) is 0 Å². The zero-order chi connectivity index (χ0) is 44.3. The van der Waals surface area contributed by atoms with E-state index in [-0.39, 0.29) is 25.5 Å². The van der Waals surface area contributed by atoms with E-state index >= 15 is 0 Å². The van der Waals surface area contributed by atoms with Crippen molar-refractivity contribution in [3.05, 3.63) is 72.4 Å². The molecular weight excluding hydrogens is 791 g/mol. The van der Waals surface area contributed by atoms with Gasteiger partial charge in [0.2, 0.25) is 0 Å². The van der Waals surface area contributed by atoms with Crippen LogP contribution in [0.25, 0.3) is 0 Å². The first-order valence-electron chi connectivity index (χ1n) is 23.4. The molecule has 7 bridgehead atoms. The van der Waals surface area contributed by atoms with E-state index < -0.39 is 94.3 Å². The SMILES string of the molecule is CC/C=C\C/C=C\C/C=C\CCCCCCCC(=O)O[C@]12C(O)[C@H](OC)[C@]3(O)C[C@H]([C@@H]1[C@H]3OC(=O)c1ccccc1)[C@@]13[C@@H](OC)CC(O)[C@@]4(COC)CN(CC)[C@@H]1[C@@H]2[C@H](OC)[C@H]43. The fourth-order valence-electron chi connectivity index (χ4n) is 14.2. The van der Waals surface area contributed by atoms with Gasteiger partial charge in [-0.2, -0.15) is 0 Å². The molecule has 2 unspecified atom stereocenters. The zero-order valence-corrected chi connectivity index (χ0v) is 37.9. The van der Waals surface area contributed by atoms with Crippen LogP contribution in [0, 0.1) is 34.5 Å². The first-order chi connectivity index (χ1) is 30.0. The fraction of sp³-hybridized carbons (Fsp3) is 0.720. The molecule has 3 N–H and O–H groups in total. The molecule has 6 fully saturated rings. The standard InChI is InChI=1S/C50H73NO11/c1-7-9-10-11-12-13-14-15-16-17-18-19-20-21-25-28-37(53)62-50-38-34(30-48(56,45(60-6)43(50)54)44(38)61-46(55)33-26-23-22-24-27-33)49-36(58-4)29-35(52)47(32-57-3)31-51(8-2)42(49)39(50)40(59-5)41(47)49/h9-10,12-13,15-16,22-24,26-27,34-36,38-45,52,54,56H,7-8,11,14,17-21,25,28-32H2,1-6H3/b10-9-,13-12-,16-15-/t34-,35?,36+,38-,39+,40+,41-,42-,43?,44-,45+,47+,48+,49+,50-/m1/s1. The van der Waals surface area contributed by atoms with Crippen molar-refractivity contribution in [3.63, 3.8) is 0 Å². The number of carbonyl (C=O) groups is 2. The lowest BCUT2D eigenvalue weighted by molar-refractivity contribution is -0.323. The third-order valence-corrected chi connectivity index (χ3v) is 16.2. The first kappa shape index (κ1) is 47.0. The van der Waals surface area contributed by atoms with Crippen molar-refractivity contribution in [1.82, 2.24) is 4.90 Å². The number of piperidine rings is 1.